The molecule has 0 radical (unpaired) electrons. The van der Waals surface area contributed by atoms with Crippen molar-refractivity contribution in [2.45, 2.75) is 25.8 Å². The number of nitrogens with one attached hydrogen (secondary N) is 1. The third-order valence-electron chi connectivity index (χ3n) is 5.96. The number of piperidine rings is 1. The Labute approximate surface area is 188 Å². The molecule has 1 amide bonds. The van der Waals surface area contributed by atoms with Crippen molar-refractivity contribution in [3.8, 4) is 5.69 Å². The molecule has 2 atom stereocenters. The number of rotatable bonds is 5. The maximum Gasteiger partial charge on any atom is 0.256 e. The van der Waals surface area contributed by atoms with Crippen molar-refractivity contribution in [3.05, 3.63) is 66.2 Å². The highest BCUT2D eigenvalue weighted by Gasteiger charge is 2.33. The summed E-state index contributed by atoms with van der Waals surface area (Å²) in [6, 6.07) is 12.1. The zero-order chi connectivity index (χ0) is 22.1. The molecule has 1 N–H and O–H groups in total. The third-order valence-corrected chi connectivity index (χ3v) is 6.95. The van der Waals surface area contributed by atoms with Gasteiger partial charge in [-0.1, -0.05) is 30.4 Å². The molecule has 0 saturated carbocycles. The van der Waals surface area contributed by atoms with Crippen LogP contribution in [0.2, 0.25) is 0 Å². The third kappa shape index (κ3) is 3.95. The van der Waals surface area contributed by atoms with Crippen LogP contribution >= 0.6 is 11.3 Å². The summed E-state index contributed by atoms with van der Waals surface area (Å²) in [4.78, 5) is 21.5. The van der Waals surface area contributed by atoms with Crippen molar-refractivity contribution in [3.63, 3.8) is 0 Å². The molecule has 1 saturated heterocycles. The number of fused-ring (bicyclic) bond motifs is 1. The molecule has 7 nitrogen and oxygen atoms in total. The van der Waals surface area contributed by atoms with E-state index in [4.69, 9.17) is 0 Å². The lowest BCUT2D eigenvalue weighted by atomic mass is 9.90. The molecule has 32 heavy (non-hydrogen) atoms. The zero-order valence-electron chi connectivity index (χ0n) is 17.6. The number of carbonyl (C=O) groups excluding carboxylic acids is 1. The summed E-state index contributed by atoms with van der Waals surface area (Å²) >= 11 is 1.60. The number of likely N-dealkylation sites (tertiary alicyclic amines) is 1. The van der Waals surface area contributed by atoms with Crippen LogP contribution in [0.5, 0.6) is 0 Å². The highest BCUT2D eigenvalue weighted by Crippen LogP contribution is 2.29. The lowest BCUT2D eigenvalue weighted by Gasteiger charge is -2.40. The van der Waals surface area contributed by atoms with Gasteiger partial charge in [0, 0.05) is 13.1 Å². The molecule has 1 aliphatic rings. The van der Waals surface area contributed by atoms with Crippen LogP contribution < -0.4 is 5.32 Å². The number of carbonyl (C=O) groups is 1. The van der Waals surface area contributed by atoms with Gasteiger partial charge in [-0.15, -0.1) is 0 Å². The Kier molecular flexibility index (Phi) is 5.57. The lowest BCUT2D eigenvalue weighted by Crippen LogP contribution is -2.51. The van der Waals surface area contributed by atoms with Crippen LogP contribution in [-0.2, 0) is 0 Å². The van der Waals surface area contributed by atoms with Gasteiger partial charge in [0.1, 0.15) is 5.82 Å². The maximum atomic E-state index is 14.1. The molecule has 3 heterocycles. The van der Waals surface area contributed by atoms with Crippen LogP contribution in [0.15, 0.2) is 54.9 Å². The van der Waals surface area contributed by atoms with Gasteiger partial charge in [0.2, 0.25) is 0 Å². The second kappa shape index (κ2) is 8.66. The van der Waals surface area contributed by atoms with Crippen LogP contribution in [0.25, 0.3) is 15.9 Å². The van der Waals surface area contributed by atoms with Crippen molar-refractivity contribution in [2.24, 2.45) is 5.92 Å². The summed E-state index contributed by atoms with van der Waals surface area (Å²) < 4.78 is 15.2. The number of hydrogen-bond acceptors (Lipinski definition) is 6. The van der Waals surface area contributed by atoms with E-state index in [0.29, 0.717) is 24.7 Å². The van der Waals surface area contributed by atoms with Gasteiger partial charge >= 0.3 is 0 Å². The Morgan fingerprint density at radius 3 is 2.84 bits per heavy atom. The van der Waals surface area contributed by atoms with E-state index in [1.54, 1.807) is 17.4 Å². The summed E-state index contributed by atoms with van der Waals surface area (Å²) in [6.45, 7) is 3.36. The SMILES string of the molecule is CC1CCCN(C(=O)c2cc(F)ccc2-n2nccn2)C1CNc1nc2ccccc2s1. The Morgan fingerprint density at radius 1 is 1.22 bits per heavy atom. The van der Waals surface area contributed by atoms with Crippen LogP contribution in [-0.4, -0.2) is 49.9 Å². The summed E-state index contributed by atoms with van der Waals surface area (Å²) in [5, 5.41) is 12.5. The summed E-state index contributed by atoms with van der Waals surface area (Å²) in [7, 11) is 0. The molecule has 2 aromatic heterocycles. The molecule has 164 valence electrons. The van der Waals surface area contributed by atoms with E-state index in [1.807, 2.05) is 29.2 Å². The van der Waals surface area contributed by atoms with Crippen molar-refractivity contribution in [1.29, 1.82) is 0 Å². The van der Waals surface area contributed by atoms with Gasteiger partial charge in [0.25, 0.3) is 5.91 Å². The summed E-state index contributed by atoms with van der Waals surface area (Å²) in [5.74, 6) is -0.368. The van der Waals surface area contributed by atoms with Crippen LogP contribution in [0, 0.1) is 11.7 Å². The number of para-hydroxylation sites is 1. The van der Waals surface area contributed by atoms with Crippen molar-refractivity contribution in [1.82, 2.24) is 24.9 Å². The van der Waals surface area contributed by atoms with Gasteiger partial charge in [-0.05, 0) is 49.1 Å². The fraction of sp³-hybridized carbons (Fsp3) is 0.304. The number of benzene rings is 2. The number of thiazole rings is 1. The Bertz CT molecular complexity index is 1210. The van der Waals surface area contributed by atoms with Crippen molar-refractivity contribution >= 4 is 32.6 Å². The number of anilines is 1. The minimum Gasteiger partial charge on any atom is -0.359 e. The van der Waals surface area contributed by atoms with Gasteiger partial charge < -0.3 is 10.2 Å². The molecule has 4 aromatic rings. The van der Waals surface area contributed by atoms with Gasteiger partial charge in [-0.3, -0.25) is 4.79 Å². The number of aromatic nitrogens is 4. The standard InChI is InChI=1S/C23H23FN6OS/c1-15-5-4-12-29(20(15)14-25-23-28-18-6-2-3-7-21(18)32-23)22(31)17-13-16(24)8-9-19(17)30-26-10-11-27-30/h2-3,6-11,13,15,20H,4-5,12,14H2,1H3,(H,25,28). The molecule has 1 aliphatic heterocycles. The number of nitrogens with zero attached hydrogens (tertiary/aromatic N) is 5. The predicted molar refractivity (Wildman–Crippen MR) is 123 cm³/mol. The topological polar surface area (TPSA) is 75.9 Å². The average molecular weight is 451 g/mol. The van der Waals surface area contributed by atoms with E-state index in [0.717, 1.165) is 28.2 Å². The molecular weight excluding hydrogens is 427 g/mol. The molecular formula is C23H23FN6OS. The van der Waals surface area contributed by atoms with Crippen molar-refractivity contribution < 1.29 is 9.18 Å². The fourth-order valence-electron chi connectivity index (χ4n) is 4.30. The largest absolute Gasteiger partial charge is 0.359 e. The van der Waals surface area contributed by atoms with Crippen molar-refractivity contribution in [2.75, 3.05) is 18.4 Å². The van der Waals surface area contributed by atoms with E-state index in [2.05, 4.69) is 27.4 Å². The monoisotopic (exact) mass is 450 g/mol. The Balaban J connectivity index is 1.41. The first kappa shape index (κ1) is 20.6. The fourth-order valence-corrected chi connectivity index (χ4v) is 5.17. The molecule has 2 aromatic carbocycles. The number of halogens is 1. The molecule has 9 heteroatoms. The highest BCUT2D eigenvalue weighted by atomic mass is 32.1. The number of amides is 1. The van der Waals surface area contributed by atoms with Gasteiger partial charge in [-0.25, -0.2) is 9.37 Å². The van der Waals surface area contributed by atoms with E-state index < -0.39 is 5.82 Å². The Hall–Kier alpha value is -3.33. The predicted octanol–water partition coefficient (Wildman–Crippen LogP) is 4.37. The normalized spacial score (nSPS) is 18.8. The summed E-state index contributed by atoms with van der Waals surface area (Å²) in [6.07, 6.45) is 5.01. The van der Waals surface area contributed by atoms with Crippen LogP contribution in [0.1, 0.15) is 30.1 Å². The summed E-state index contributed by atoms with van der Waals surface area (Å²) in [5.41, 5.74) is 1.69. The minimum absolute atomic E-state index is 0.0371. The zero-order valence-corrected chi connectivity index (χ0v) is 18.4. The average Bonchev–Trinajstić information content (AvgIpc) is 3.47. The van der Waals surface area contributed by atoms with Gasteiger partial charge in [0.05, 0.1) is 39.9 Å². The van der Waals surface area contributed by atoms with E-state index in [1.165, 1.54) is 29.3 Å². The Morgan fingerprint density at radius 2 is 2.03 bits per heavy atom. The molecule has 5 rings (SSSR count). The highest BCUT2D eigenvalue weighted by molar-refractivity contribution is 7.22. The van der Waals surface area contributed by atoms with E-state index in [9.17, 15) is 9.18 Å². The molecule has 1 fully saturated rings. The quantitative estimate of drug-likeness (QED) is 0.489. The first-order chi connectivity index (χ1) is 15.6. The second-order valence-electron chi connectivity index (χ2n) is 8.03. The van der Waals surface area contributed by atoms with Gasteiger partial charge in [-0.2, -0.15) is 15.0 Å². The first-order valence-corrected chi connectivity index (χ1v) is 11.5. The molecule has 2 unspecified atom stereocenters. The van der Waals surface area contributed by atoms with Crippen LogP contribution in [0.4, 0.5) is 9.52 Å². The number of hydrogen-bond donors (Lipinski definition) is 1. The lowest BCUT2D eigenvalue weighted by molar-refractivity contribution is 0.0539. The van der Waals surface area contributed by atoms with E-state index in [-0.39, 0.29) is 17.5 Å². The second-order valence-corrected chi connectivity index (χ2v) is 9.06. The van der Waals surface area contributed by atoms with Gasteiger partial charge in [0.15, 0.2) is 5.13 Å². The maximum absolute atomic E-state index is 14.1. The van der Waals surface area contributed by atoms with Crippen LogP contribution in [0.3, 0.4) is 0 Å². The minimum atomic E-state index is -0.460. The smallest absolute Gasteiger partial charge is 0.256 e. The first-order valence-electron chi connectivity index (χ1n) is 10.7. The van der Waals surface area contributed by atoms with E-state index >= 15 is 0 Å². The molecule has 0 spiro atoms. The molecule has 0 aliphatic carbocycles. The molecule has 0 bridgehead atoms.